The van der Waals surface area contributed by atoms with Crippen molar-refractivity contribution >= 4 is 43.5 Å². The van der Waals surface area contributed by atoms with Crippen molar-refractivity contribution in [3.63, 3.8) is 0 Å². The molecule has 2 amide bonds. The summed E-state index contributed by atoms with van der Waals surface area (Å²) in [7, 11) is -2.20. The predicted octanol–water partition coefficient (Wildman–Crippen LogP) is 2.42. The summed E-state index contributed by atoms with van der Waals surface area (Å²) in [6.07, 6.45) is 1.60. The molecule has 0 unspecified atom stereocenters. The summed E-state index contributed by atoms with van der Waals surface area (Å²) < 4.78 is 26.6. The molecule has 2 aromatic rings. The molecule has 9 heteroatoms. The number of benzene rings is 2. The number of hydrogen-bond donors (Lipinski definition) is 1. The Morgan fingerprint density at radius 2 is 1.67 bits per heavy atom. The first-order valence-electron chi connectivity index (χ1n) is 9.41. The van der Waals surface area contributed by atoms with Gasteiger partial charge in [-0.2, -0.15) is 0 Å². The molecule has 0 bridgehead atoms. The van der Waals surface area contributed by atoms with Crippen LogP contribution in [0.25, 0.3) is 0 Å². The fourth-order valence-electron chi connectivity index (χ4n) is 3.00. The average molecular weight is 496 g/mol. The van der Waals surface area contributed by atoms with Crippen molar-refractivity contribution in [3.05, 3.63) is 64.6 Å². The number of halogens is 1. The van der Waals surface area contributed by atoms with Crippen LogP contribution in [0.1, 0.15) is 12.5 Å². The van der Waals surface area contributed by atoms with Gasteiger partial charge in [-0.05, 0) is 43.2 Å². The number of nitrogens with one attached hydrogen (secondary N) is 1. The van der Waals surface area contributed by atoms with Crippen molar-refractivity contribution in [1.29, 1.82) is 0 Å². The molecule has 7 nitrogen and oxygen atoms in total. The first-order valence-corrected chi connectivity index (χ1v) is 12.1. The van der Waals surface area contributed by atoms with E-state index in [0.29, 0.717) is 12.1 Å². The van der Waals surface area contributed by atoms with E-state index in [2.05, 4.69) is 21.2 Å². The zero-order valence-electron chi connectivity index (χ0n) is 17.2. The molecule has 1 atom stereocenters. The van der Waals surface area contributed by atoms with Gasteiger partial charge in [0, 0.05) is 18.1 Å². The van der Waals surface area contributed by atoms with Crippen LogP contribution in [0.2, 0.25) is 0 Å². The van der Waals surface area contributed by atoms with Crippen LogP contribution >= 0.6 is 15.9 Å². The number of likely N-dealkylation sites (N-methyl/N-ethyl adjacent to an activating group) is 1. The zero-order chi connectivity index (χ0) is 22.3. The number of sulfonamides is 1. The highest BCUT2D eigenvalue weighted by Crippen LogP contribution is 2.21. The summed E-state index contributed by atoms with van der Waals surface area (Å²) in [6.45, 7) is 1.53. The summed E-state index contributed by atoms with van der Waals surface area (Å²) in [4.78, 5) is 26.8. The molecule has 30 heavy (non-hydrogen) atoms. The number of amides is 2. The van der Waals surface area contributed by atoms with Crippen molar-refractivity contribution in [2.45, 2.75) is 19.4 Å². The van der Waals surface area contributed by atoms with E-state index in [4.69, 9.17) is 0 Å². The van der Waals surface area contributed by atoms with Gasteiger partial charge in [-0.1, -0.05) is 46.3 Å². The van der Waals surface area contributed by atoms with Gasteiger partial charge in [0.1, 0.15) is 12.6 Å². The molecule has 0 aliphatic carbocycles. The second kappa shape index (κ2) is 10.6. The number of carbonyl (C=O) groups excluding carboxylic acids is 2. The minimum Gasteiger partial charge on any atom is -0.357 e. The predicted molar refractivity (Wildman–Crippen MR) is 122 cm³/mol. The number of nitrogens with zero attached hydrogens (tertiary/aromatic N) is 2. The van der Waals surface area contributed by atoms with Crippen LogP contribution in [-0.4, -0.2) is 57.6 Å². The molecule has 0 aliphatic heterocycles. The summed E-state index contributed by atoms with van der Waals surface area (Å²) in [6, 6.07) is 15.5. The van der Waals surface area contributed by atoms with Crippen molar-refractivity contribution in [3.8, 4) is 0 Å². The quantitative estimate of drug-likeness (QED) is 0.578. The maximum absolute atomic E-state index is 13.2. The number of carbonyl (C=O) groups is 2. The van der Waals surface area contributed by atoms with E-state index in [-0.39, 0.29) is 12.5 Å². The van der Waals surface area contributed by atoms with Crippen LogP contribution in [0.5, 0.6) is 0 Å². The fraction of sp³-hybridized carbons (Fsp3) is 0.333. The molecule has 0 saturated carbocycles. The molecule has 162 valence electrons. The van der Waals surface area contributed by atoms with Gasteiger partial charge in [0.2, 0.25) is 21.8 Å². The first kappa shape index (κ1) is 23.9. The Morgan fingerprint density at radius 1 is 1.07 bits per heavy atom. The molecular weight excluding hydrogens is 470 g/mol. The monoisotopic (exact) mass is 495 g/mol. The van der Waals surface area contributed by atoms with Gasteiger partial charge < -0.3 is 10.2 Å². The summed E-state index contributed by atoms with van der Waals surface area (Å²) >= 11 is 3.32. The molecule has 0 radical (unpaired) electrons. The van der Waals surface area contributed by atoms with Crippen molar-refractivity contribution in [2.24, 2.45) is 0 Å². The van der Waals surface area contributed by atoms with Crippen LogP contribution in [0.3, 0.4) is 0 Å². The van der Waals surface area contributed by atoms with Gasteiger partial charge in [-0.15, -0.1) is 0 Å². The third kappa shape index (κ3) is 6.56. The maximum atomic E-state index is 13.2. The maximum Gasteiger partial charge on any atom is 0.244 e. The summed E-state index contributed by atoms with van der Waals surface area (Å²) in [5.41, 5.74) is 1.40. The number of rotatable bonds is 9. The highest BCUT2D eigenvalue weighted by Gasteiger charge is 2.29. The second-order valence-corrected chi connectivity index (χ2v) is 9.68. The Labute approximate surface area is 186 Å². The molecular formula is C21H26BrN3O4S. The second-order valence-electron chi connectivity index (χ2n) is 6.86. The smallest absolute Gasteiger partial charge is 0.244 e. The van der Waals surface area contributed by atoms with Crippen molar-refractivity contribution < 1.29 is 18.0 Å². The molecule has 2 aromatic carbocycles. The summed E-state index contributed by atoms with van der Waals surface area (Å²) in [5.74, 6) is -0.763. The molecule has 1 N–H and O–H groups in total. The highest BCUT2D eigenvalue weighted by atomic mass is 79.9. The lowest BCUT2D eigenvalue weighted by Gasteiger charge is -2.31. The minimum absolute atomic E-state index is 0.287. The molecule has 0 heterocycles. The Morgan fingerprint density at radius 3 is 2.20 bits per heavy atom. The van der Waals surface area contributed by atoms with Crippen molar-refractivity contribution in [1.82, 2.24) is 10.2 Å². The van der Waals surface area contributed by atoms with Crippen LogP contribution in [0.15, 0.2) is 59.1 Å². The molecule has 0 aliphatic rings. The van der Waals surface area contributed by atoms with Crippen LogP contribution < -0.4 is 9.62 Å². The Hall–Kier alpha value is -2.39. The lowest BCUT2D eigenvalue weighted by Crippen LogP contribution is -2.51. The lowest BCUT2D eigenvalue weighted by atomic mass is 10.1. The summed E-state index contributed by atoms with van der Waals surface area (Å²) in [5, 5.41) is 2.55. The third-order valence-corrected chi connectivity index (χ3v) is 6.36. The number of anilines is 1. The molecule has 0 fully saturated rings. The average Bonchev–Trinajstić information content (AvgIpc) is 2.72. The van der Waals surface area contributed by atoms with Gasteiger partial charge >= 0.3 is 0 Å². The van der Waals surface area contributed by atoms with E-state index < -0.39 is 28.5 Å². The first-order chi connectivity index (χ1) is 14.1. The SMILES string of the molecule is CNC(=O)[C@@H](C)N(CCc1ccccc1)C(=O)CN(c1ccc(Br)cc1)S(C)(=O)=O. The van der Waals surface area contributed by atoms with Crippen LogP contribution in [-0.2, 0) is 26.0 Å². The molecule has 0 saturated heterocycles. The zero-order valence-corrected chi connectivity index (χ0v) is 19.6. The van der Waals surface area contributed by atoms with E-state index in [1.807, 2.05) is 30.3 Å². The molecule has 0 aromatic heterocycles. The van der Waals surface area contributed by atoms with E-state index >= 15 is 0 Å². The van der Waals surface area contributed by atoms with Crippen molar-refractivity contribution in [2.75, 3.05) is 30.7 Å². The van der Waals surface area contributed by atoms with Crippen LogP contribution in [0, 0.1) is 0 Å². The normalized spacial score (nSPS) is 12.1. The van der Waals surface area contributed by atoms with E-state index in [1.54, 1.807) is 31.2 Å². The number of hydrogen-bond acceptors (Lipinski definition) is 4. The minimum atomic E-state index is -3.71. The topological polar surface area (TPSA) is 86.8 Å². The fourth-order valence-corrected chi connectivity index (χ4v) is 4.11. The Kier molecular flexibility index (Phi) is 8.43. The van der Waals surface area contributed by atoms with Gasteiger partial charge in [0.05, 0.1) is 11.9 Å². The lowest BCUT2D eigenvalue weighted by molar-refractivity contribution is -0.138. The van der Waals surface area contributed by atoms with E-state index in [0.717, 1.165) is 20.6 Å². The van der Waals surface area contributed by atoms with E-state index in [1.165, 1.54) is 11.9 Å². The molecule has 0 spiro atoms. The Bertz CT molecular complexity index is 966. The van der Waals surface area contributed by atoms with Gasteiger partial charge in [0.15, 0.2) is 0 Å². The molecule has 2 rings (SSSR count). The highest BCUT2D eigenvalue weighted by molar-refractivity contribution is 9.10. The van der Waals surface area contributed by atoms with Gasteiger partial charge in [0.25, 0.3) is 0 Å². The standard InChI is InChI=1S/C21H26BrN3O4S/c1-16(21(27)23-2)24(14-13-17-7-5-4-6-8-17)20(26)15-25(30(3,28)29)19-11-9-18(22)10-12-19/h4-12,16H,13-15H2,1-3H3,(H,23,27)/t16-/m1/s1. The van der Waals surface area contributed by atoms with Gasteiger partial charge in [-0.25, -0.2) is 8.42 Å². The van der Waals surface area contributed by atoms with E-state index in [9.17, 15) is 18.0 Å². The van der Waals surface area contributed by atoms with Gasteiger partial charge in [-0.3, -0.25) is 13.9 Å². The Balaban J connectivity index is 2.27. The third-order valence-electron chi connectivity index (χ3n) is 4.69. The van der Waals surface area contributed by atoms with Crippen LogP contribution in [0.4, 0.5) is 5.69 Å². The largest absolute Gasteiger partial charge is 0.357 e.